The standard InChI is InChI=1S/C24H45N5O4/c1-6-26(7-2)10-19-32-25-22-21(20-8-9-24(22,5)33-23(20,3)4)29(27-11-15-30-16-12-27)28-13-17-31-18-14-28/h20-21H,6-19H2,1-5H3/b25-22-/t20-,21-,24+/m1/s1. The smallest absolute Gasteiger partial charge is 0.129 e. The molecule has 0 radical (unpaired) electrons. The lowest BCUT2D eigenvalue weighted by Gasteiger charge is -2.62. The molecule has 0 aromatic rings. The molecule has 5 aliphatic rings. The van der Waals surface area contributed by atoms with Crippen LogP contribution in [0.15, 0.2) is 5.16 Å². The van der Waals surface area contributed by atoms with E-state index in [2.05, 4.69) is 54.7 Å². The van der Waals surface area contributed by atoms with Crippen LogP contribution >= 0.6 is 0 Å². The monoisotopic (exact) mass is 467 g/mol. The summed E-state index contributed by atoms with van der Waals surface area (Å²) < 4.78 is 18.1. The number of morpholine rings is 2. The second-order valence-corrected chi connectivity index (χ2v) is 10.3. The lowest BCUT2D eigenvalue weighted by molar-refractivity contribution is -0.280. The molecule has 0 amide bonds. The van der Waals surface area contributed by atoms with Gasteiger partial charge in [-0.3, -0.25) is 0 Å². The fourth-order valence-corrected chi connectivity index (χ4v) is 6.00. The van der Waals surface area contributed by atoms with E-state index in [1.807, 2.05) is 0 Å². The zero-order chi connectivity index (χ0) is 23.5. The summed E-state index contributed by atoms with van der Waals surface area (Å²) in [5, 5.41) is 12.3. The molecule has 33 heavy (non-hydrogen) atoms. The van der Waals surface area contributed by atoms with Crippen LogP contribution in [-0.4, -0.2) is 122 Å². The van der Waals surface area contributed by atoms with Gasteiger partial charge in [0.1, 0.15) is 17.9 Å². The molecule has 4 heterocycles. The zero-order valence-corrected chi connectivity index (χ0v) is 21.4. The van der Waals surface area contributed by atoms with Crippen molar-refractivity contribution in [2.75, 3.05) is 78.8 Å². The van der Waals surface area contributed by atoms with Gasteiger partial charge in [-0.1, -0.05) is 19.0 Å². The second-order valence-electron chi connectivity index (χ2n) is 10.3. The van der Waals surface area contributed by atoms with Crippen molar-refractivity contribution in [1.82, 2.24) is 20.0 Å². The van der Waals surface area contributed by atoms with E-state index in [-0.39, 0.29) is 11.6 Å². The summed E-state index contributed by atoms with van der Waals surface area (Å²) in [6.07, 6.45) is 2.10. The van der Waals surface area contributed by atoms with Gasteiger partial charge >= 0.3 is 0 Å². The fourth-order valence-electron chi connectivity index (χ4n) is 6.00. The van der Waals surface area contributed by atoms with Gasteiger partial charge in [0, 0.05) is 38.6 Å². The van der Waals surface area contributed by atoms with Crippen molar-refractivity contribution in [3.05, 3.63) is 0 Å². The summed E-state index contributed by atoms with van der Waals surface area (Å²) in [6, 6.07) is 0.108. The molecule has 190 valence electrons. The first kappa shape index (κ1) is 25.3. The summed E-state index contributed by atoms with van der Waals surface area (Å²) in [4.78, 5) is 8.36. The maximum atomic E-state index is 6.71. The number of nitrogens with zero attached hydrogens (tertiary/aromatic N) is 5. The Morgan fingerprint density at radius 1 is 0.970 bits per heavy atom. The van der Waals surface area contributed by atoms with E-state index in [0.29, 0.717) is 12.5 Å². The number of fused-ring (bicyclic) bond motifs is 3. The van der Waals surface area contributed by atoms with Crippen molar-refractivity contribution in [2.24, 2.45) is 11.1 Å². The van der Waals surface area contributed by atoms with Gasteiger partial charge in [0.2, 0.25) is 0 Å². The number of hydrogen-bond acceptors (Lipinski definition) is 9. The topological polar surface area (TPSA) is 62.2 Å². The maximum absolute atomic E-state index is 6.71. The van der Waals surface area contributed by atoms with Gasteiger partial charge < -0.3 is 23.9 Å². The number of hydrazine groups is 2. The molecule has 0 unspecified atom stereocenters. The Labute approximate surface area is 199 Å². The molecule has 4 aliphatic heterocycles. The molecule has 5 rings (SSSR count). The molecular weight excluding hydrogens is 422 g/mol. The minimum Gasteiger partial charge on any atom is -0.394 e. The largest absolute Gasteiger partial charge is 0.394 e. The molecule has 9 heteroatoms. The highest BCUT2D eigenvalue weighted by atomic mass is 16.6. The van der Waals surface area contributed by atoms with Crippen molar-refractivity contribution in [1.29, 1.82) is 0 Å². The fraction of sp³-hybridized carbons (Fsp3) is 0.958. The van der Waals surface area contributed by atoms with Crippen LogP contribution in [0.5, 0.6) is 0 Å². The summed E-state index contributed by atoms with van der Waals surface area (Å²) in [5.41, 5.74) is 0.388. The van der Waals surface area contributed by atoms with E-state index in [1.165, 1.54) is 0 Å². The summed E-state index contributed by atoms with van der Waals surface area (Å²) >= 11 is 0. The molecule has 4 saturated heterocycles. The number of hydrogen-bond donors (Lipinski definition) is 0. The molecule has 0 aromatic carbocycles. The van der Waals surface area contributed by atoms with Gasteiger partial charge in [-0.2, -0.15) is 5.12 Å². The first-order valence-electron chi connectivity index (χ1n) is 13.0. The van der Waals surface area contributed by atoms with E-state index >= 15 is 0 Å². The number of rotatable bonds is 9. The predicted octanol–water partition coefficient (Wildman–Crippen LogP) is 1.84. The van der Waals surface area contributed by atoms with Crippen LogP contribution in [0.4, 0.5) is 0 Å². The highest BCUT2D eigenvalue weighted by Gasteiger charge is 2.61. The Morgan fingerprint density at radius 3 is 2.06 bits per heavy atom. The molecule has 0 spiro atoms. The van der Waals surface area contributed by atoms with Crippen molar-refractivity contribution >= 4 is 5.71 Å². The van der Waals surface area contributed by atoms with Crippen molar-refractivity contribution < 1.29 is 19.0 Å². The van der Waals surface area contributed by atoms with Gasteiger partial charge in [-0.05, 0) is 46.7 Å². The molecule has 0 N–H and O–H groups in total. The maximum Gasteiger partial charge on any atom is 0.129 e. The van der Waals surface area contributed by atoms with Gasteiger partial charge in [0.05, 0.1) is 38.1 Å². The third-order valence-corrected chi connectivity index (χ3v) is 7.88. The van der Waals surface area contributed by atoms with Crippen molar-refractivity contribution in [3.8, 4) is 0 Å². The van der Waals surface area contributed by atoms with Crippen molar-refractivity contribution in [3.63, 3.8) is 0 Å². The van der Waals surface area contributed by atoms with E-state index in [4.69, 9.17) is 24.2 Å². The Hall–Kier alpha value is -0.810. The Morgan fingerprint density at radius 2 is 1.55 bits per heavy atom. The summed E-state index contributed by atoms with van der Waals surface area (Å²) in [7, 11) is 0. The van der Waals surface area contributed by atoms with Gasteiger partial charge in [0.15, 0.2) is 0 Å². The van der Waals surface area contributed by atoms with Gasteiger partial charge in [-0.25, -0.2) is 10.0 Å². The molecule has 3 atom stereocenters. The van der Waals surface area contributed by atoms with Gasteiger partial charge in [-0.15, -0.1) is 0 Å². The number of ether oxygens (including phenoxy) is 3. The zero-order valence-electron chi connectivity index (χ0n) is 21.4. The summed E-state index contributed by atoms with van der Waals surface area (Å²) in [6.45, 7) is 21.1. The minimum atomic E-state index is -0.422. The second kappa shape index (κ2) is 10.8. The molecule has 9 nitrogen and oxygen atoms in total. The lowest BCUT2D eigenvalue weighted by Crippen LogP contribution is -2.75. The lowest BCUT2D eigenvalue weighted by atomic mass is 9.64. The first-order chi connectivity index (χ1) is 15.9. The molecule has 1 saturated carbocycles. The van der Waals surface area contributed by atoms with Crippen LogP contribution in [-0.2, 0) is 19.0 Å². The molecular formula is C24H45N5O4. The predicted molar refractivity (Wildman–Crippen MR) is 128 cm³/mol. The highest BCUT2D eigenvalue weighted by Crippen LogP contribution is 2.50. The Balaban J connectivity index is 1.64. The van der Waals surface area contributed by atoms with Crippen LogP contribution in [0.1, 0.15) is 47.5 Å². The van der Waals surface area contributed by atoms with Crippen LogP contribution in [0.25, 0.3) is 0 Å². The average Bonchev–Trinajstić information content (AvgIpc) is 2.81. The third-order valence-electron chi connectivity index (χ3n) is 7.88. The summed E-state index contributed by atoms with van der Waals surface area (Å²) in [5.74, 6) is 0.329. The van der Waals surface area contributed by atoms with E-state index in [0.717, 1.165) is 90.8 Å². The van der Waals surface area contributed by atoms with E-state index in [9.17, 15) is 0 Å². The Bertz CT molecular complexity index is 643. The number of oxime groups is 1. The van der Waals surface area contributed by atoms with E-state index < -0.39 is 5.60 Å². The molecule has 5 fully saturated rings. The van der Waals surface area contributed by atoms with Gasteiger partial charge in [0.25, 0.3) is 0 Å². The number of likely N-dealkylation sites (N-methyl/N-ethyl adjacent to an activating group) is 1. The van der Waals surface area contributed by atoms with Crippen LogP contribution < -0.4 is 0 Å². The Kier molecular flexibility index (Phi) is 8.31. The van der Waals surface area contributed by atoms with E-state index in [1.54, 1.807) is 0 Å². The average molecular weight is 468 g/mol. The quantitative estimate of drug-likeness (QED) is 0.376. The molecule has 2 bridgehead atoms. The minimum absolute atomic E-state index is 0.108. The molecule has 1 aliphatic carbocycles. The highest BCUT2D eigenvalue weighted by molar-refractivity contribution is 5.98. The third kappa shape index (κ3) is 5.39. The van der Waals surface area contributed by atoms with Crippen LogP contribution in [0.3, 0.4) is 0 Å². The van der Waals surface area contributed by atoms with Crippen LogP contribution in [0, 0.1) is 5.92 Å². The normalized spacial score (nSPS) is 34.5. The SMILES string of the molecule is CCN(CC)CCO/N=C1/[C@H](N(N2CCOCC2)N2CCOCC2)[C@H]2CC[C@]1(C)OC2(C)C. The van der Waals surface area contributed by atoms with Crippen LogP contribution in [0.2, 0.25) is 0 Å². The van der Waals surface area contributed by atoms with Crippen molar-refractivity contribution in [2.45, 2.75) is 64.7 Å². The molecule has 0 aromatic heterocycles. The first-order valence-corrected chi connectivity index (χ1v) is 13.0.